The van der Waals surface area contributed by atoms with Crippen molar-refractivity contribution in [3.63, 3.8) is 0 Å². The highest BCUT2D eigenvalue weighted by atomic mass is 16.7. The molecule has 0 saturated carbocycles. The van der Waals surface area contributed by atoms with E-state index in [2.05, 4.69) is 0 Å². The van der Waals surface area contributed by atoms with Crippen molar-refractivity contribution in [2.45, 2.75) is 106 Å². The third-order valence-corrected chi connectivity index (χ3v) is 9.23. The molecule has 3 aliphatic heterocycles. The fourth-order valence-corrected chi connectivity index (χ4v) is 6.09. The first-order valence-electron chi connectivity index (χ1n) is 16.2. The van der Waals surface area contributed by atoms with Gasteiger partial charge in [-0.3, -0.25) is 4.79 Å². The summed E-state index contributed by atoms with van der Waals surface area (Å²) in [5.74, 6) is -2.01. The Hall–Kier alpha value is -3.67. The molecule has 52 heavy (non-hydrogen) atoms. The monoisotopic (exact) mass is 740 g/mol. The van der Waals surface area contributed by atoms with Gasteiger partial charge in [0, 0.05) is 17.7 Å². The number of aromatic hydroxyl groups is 2. The van der Waals surface area contributed by atoms with Gasteiger partial charge in [0.2, 0.25) is 23.8 Å². The van der Waals surface area contributed by atoms with Gasteiger partial charge >= 0.3 is 0 Å². The van der Waals surface area contributed by atoms with Crippen LogP contribution in [0.2, 0.25) is 0 Å². The highest BCUT2D eigenvalue weighted by Gasteiger charge is 2.48. The molecular formula is C33H40O19. The average Bonchev–Trinajstić information content (AvgIpc) is 3.11. The zero-order valence-corrected chi connectivity index (χ0v) is 27.5. The molecule has 19 nitrogen and oxygen atoms in total. The lowest BCUT2D eigenvalue weighted by Gasteiger charge is -2.42. The molecule has 286 valence electrons. The van der Waals surface area contributed by atoms with Gasteiger partial charge in [-0.2, -0.15) is 0 Å². The Morgan fingerprint density at radius 2 is 1.17 bits per heavy atom. The molecule has 3 fully saturated rings. The Morgan fingerprint density at radius 1 is 0.635 bits per heavy atom. The summed E-state index contributed by atoms with van der Waals surface area (Å²) in [5.41, 5.74) is -1.16. The van der Waals surface area contributed by atoms with Gasteiger partial charge in [0.15, 0.2) is 12.1 Å². The van der Waals surface area contributed by atoms with Gasteiger partial charge in [-0.05, 0) is 38.1 Å². The van der Waals surface area contributed by atoms with E-state index in [0.717, 1.165) is 6.07 Å². The highest BCUT2D eigenvalue weighted by molar-refractivity contribution is 5.88. The Labute approximate surface area is 293 Å². The summed E-state index contributed by atoms with van der Waals surface area (Å²) >= 11 is 0. The minimum atomic E-state index is -1.98. The van der Waals surface area contributed by atoms with E-state index in [1.807, 2.05) is 0 Å². The number of ether oxygens (including phenoxy) is 6. The van der Waals surface area contributed by atoms with Crippen molar-refractivity contribution in [1.29, 1.82) is 0 Å². The van der Waals surface area contributed by atoms with Crippen LogP contribution in [0.5, 0.6) is 23.0 Å². The van der Waals surface area contributed by atoms with Crippen LogP contribution in [-0.4, -0.2) is 155 Å². The predicted molar refractivity (Wildman–Crippen MR) is 170 cm³/mol. The zero-order chi connectivity index (χ0) is 37.8. The van der Waals surface area contributed by atoms with Gasteiger partial charge in [-0.1, -0.05) is 0 Å². The molecule has 1 aromatic heterocycles. The van der Waals surface area contributed by atoms with Gasteiger partial charge in [-0.15, -0.1) is 0 Å². The molecular weight excluding hydrogens is 700 g/mol. The summed E-state index contributed by atoms with van der Waals surface area (Å²) in [7, 11) is 0. The lowest BCUT2D eigenvalue weighted by molar-refractivity contribution is -0.318. The summed E-state index contributed by atoms with van der Waals surface area (Å²) in [6.45, 7) is 2.25. The van der Waals surface area contributed by atoms with Crippen molar-refractivity contribution >= 4 is 11.0 Å². The van der Waals surface area contributed by atoms with Gasteiger partial charge < -0.3 is 89.0 Å². The molecule has 0 radical (unpaired) electrons. The number of aliphatic hydroxyl groups is 9. The van der Waals surface area contributed by atoms with Crippen LogP contribution in [0.3, 0.4) is 0 Å². The van der Waals surface area contributed by atoms with E-state index < -0.39 is 121 Å². The molecule has 19 heteroatoms. The summed E-state index contributed by atoms with van der Waals surface area (Å²) in [4.78, 5) is 14.0. The minimum absolute atomic E-state index is 0.138. The molecule has 2 aromatic carbocycles. The molecule has 15 atom stereocenters. The maximum absolute atomic E-state index is 14.0. The number of hydrogen-bond acceptors (Lipinski definition) is 19. The van der Waals surface area contributed by atoms with Crippen molar-refractivity contribution in [1.82, 2.24) is 0 Å². The van der Waals surface area contributed by atoms with Gasteiger partial charge in [0.05, 0.1) is 18.8 Å². The predicted octanol–water partition coefficient (Wildman–Crippen LogP) is -2.89. The number of phenolic OH excluding ortho intramolecular Hbond substituents is 2. The SMILES string of the molecule is C[C@H]1O[C@@H](Oc2cc(O)c3c(=O)c(O[C@H]4O[C@H](CO[C@@H]5O[C@H](C)[C@H](O)[C@@H](O)[C@@H]5O)[C@H](O)[C@@H](O)[C@@H]4O)c(-c4ccc(O)cc4)oc3c2)[C@H](O)[C@H](O)[C@H]1O. The van der Waals surface area contributed by atoms with E-state index in [4.69, 9.17) is 32.8 Å². The van der Waals surface area contributed by atoms with Gasteiger partial charge in [0.1, 0.15) is 89.3 Å². The molecule has 0 bridgehead atoms. The smallest absolute Gasteiger partial charge is 0.239 e. The molecule has 4 heterocycles. The van der Waals surface area contributed by atoms with Crippen molar-refractivity contribution in [2.24, 2.45) is 0 Å². The molecule has 6 rings (SSSR count). The maximum atomic E-state index is 14.0. The average molecular weight is 741 g/mol. The third-order valence-electron chi connectivity index (χ3n) is 9.23. The topological polar surface area (TPSA) is 308 Å². The van der Waals surface area contributed by atoms with E-state index in [-0.39, 0.29) is 28.4 Å². The van der Waals surface area contributed by atoms with Crippen molar-refractivity contribution < 1.29 is 89.0 Å². The van der Waals surface area contributed by atoms with Crippen LogP contribution >= 0.6 is 0 Å². The van der Waals surface area contributed by atoms with Gasteiger partial charge in [-0.25, -0.2) is 0 Å². The Balaban J connectivity index is 1.32. The lowest BCUT2D eigenvalue weighted by Crippen LogP contribution is -2.61. The van der Waals surface area contributed by atoms with Crippen LogP contribution in [0.15, 0.2) is 45.6 Å². The van der Waals surface area contributed by atoms with Crippen LogP contribution in [0, 0.1) is 0 Å². The van der Waals surface area contributed by atoms with Gasteiger partial charge in [0.25, 0.3) is 0 Å². The number of fused-ring (bicyclic) bond motifs is 1. The summed E-state index contributed by atoms with van der Waals surface area (Å²) in [6.07, 6.45) is -23.5. The van der Waals surface area contributed by atoms with Crippen molar-refractivity contribution in [3.05, 3.63) is 46.6 Å². The molecule has 0 spiro atoms. The first-order valence-corrected chi connectivity index (χ1v) is 16.2. The number of aliphatic hydroxyl groups excluding tert-OH is 9. The third kappa shape index (κ3) is 7.16. The largest absolute Gasteiger partial charge is 0.508 e. The number of rotatable bonds is 8. The van der Waals surface area contributed by atoms with E-state index in [9.17, 15) is 61.0 Å². The normalized spacial score (nSPS) is 38.2. The number of phenols is 2. The maximum Gasteiger partial charge on any atom is 0.239 e. The summed E-state index contributed by atoms with van der Waals surface area (Å²) in [6, 6.07) is 7.38. The fourth-order valence-electron chi connectivity index (χ4n) is 6.09. The highest BCUT2D eigenvalue weighted by Crippen LogP contribution is 2.38. The van der Waals surface area contributed by atoms with Crippen molar-refractivity contribution in [3.8, 4) is 34.3 Å². The Kier molecular flexibility index (Phi) is 11.0. The van der Waals surface area contributed by atoms with Crippen LogP contribution in [0.4, 0.5) is 0 Å². The van der Waals surface area contributed by atoms with E-state index in [1.165, 1.54) is 44.2 Å². The molecule has 0 unspecified atom stereocenters. The number of benzene rings is 2. The molecule has 3 aliphatic rings. The molecule has 0 aliphatic carbocycles. The molecule has 3 aromatic rings. The summed E-state index contributed by atoms with van der Waals surface area (Å²) in [5, 5.41) is 114. The van der Waals surface area contributed by atoms with Crippen LogP contribution in [0.1, 0.15) is 13.8 Å². The van der Waals surface area contributed by atoms with Crippen molar-refractivity contribution in [2.75, 3.05) is 6.61 Å². The second-order valence-electron chi connectivity index (χ2n) is 12.9. The van der Waals surface area contributed by atoms with Crippen LogP contribution in [-0.2, 0) is 18.9 Å². The molecule has 3 saturated heterocycles. The summed E-state index contributed by atoms with van der Waals surface area (Å²) < 4.78 is 39.5. The van der Waals surface area contributed by atoms with E-state index >= 15 is 0 Å². The number of hydrogen-bond donors (Lipinski definition) is 11. The Morgan fingerprint density at radius 3 is 1.79 bits per heavy atom. The lowest BCUT2D eigenvalue weighted by atomic mass is 9.98. The Bertz CT molecular complexity index is 1770. The minimum Gasteiger partial charge on any atom is -0.508 e. The fraction of sp³-hybridized carbons (Fsp3) is 0.545. The second kappa shape index (κ2) is 15.0. The first kappa shape index (κ1) is 38.1. The first-order chi connectivity index (χ1) is 24.6. The van der Waals surface area contributed by atoms with E-state index in [0.29, 0.717) is 0 Å². The second-order valence-corrected chi connectivity index (χ2v) is 12.9. The van der Waals surface area contributed by atoms with Crippen LogP contribution < -0.4 is 14.9 Å². The molecule has 0 amide bonds. The zero-order valence-electron chi connectivity index (χ0n) is 27.5. The standard InChI is InChI=1S/C33H40O19/c1-10-19(36)23(40)26(43)31(47-10)46-9-17-21(38)25(42)28(45)33(51-17)52-30-22(39)18-15(35)7-14(49-32-27(44)24(41)20(37)11(2)48-32)8-16(18)50-29(30)12-3-5-13(34)6-4-12/h3-8,10-11,17,19-21,23-28,31-38,40-45H,9H2,1-2H3/t10-,11-,17-,19+,20+,21+,23-,24-,25-,26+,27-,28+,31-,32+,33-/m1/s1. The quantitative estimate of drug-likeness (QED) is 0.110. The molecule has 11 N–H and O–H groups in total. The van der Waals surface area contributed by atoms with E-state index in [1.54, 1.807) is 0 Å². The van der Waals surface area contributed by atoms with Crippen LogP contribution in [0.25, 0.3) is 22.3 Å².